The van der Waals surface area contributed by atoms with Gasteiger partial charge in [0.05, 0.1) is 38.8 Å². The van der Waals surface area contributed by atoms with Gasteiger partial charge in [-0.1, -0.05) is 184 Å². The average molecular weight is 927 g/mol. The molecular weight excluding hydrogens is 872 g/mol. The summed E-state index contributed by atoms with van der Waals surface area (Å²) in [7, 11) is 0. The number of benzene rings is 10. The summed E-state index contributed by atoms with van der Waals surface area (Å²) in [5.74, 6) is 0.960. The van der Waals surface area contributed by atoms with Gasteiger partial charge in [0.2, 0.25) is 0 Å². The molecule has 0 atom stereocenters. The third kappa shape index (κ3) is 5.51. The van der Waals surface area contributed by atoms with Crippen LogP contribution in [0.1, 0.15) is 79.0 Å². The van der Waals surface area contributed by atoms with Crippen LogP contribution in [0.2, 0.25) is 0 Å². The SMILES string of the molecule is CC(C)(C)c1ccc2c(c1)c1cc(C(C)(C)C)ccc1n2-c1cc2c3c(c1)-n1c4cc(C(C)(C)C)ccc4c4c5c6ccccc6c6ccccc6c5cc(c41)B3c1cccc3nc(-c4ccccc4)n-2c13. The molecule has 346 valence electrons. The zero-order valence-electron chi connectivity index (χ0n) is 42.5. The van der Waals surface area contributed by atoms with Crippen molar-refractivity contribution in [2.45, 2.75) is 78.6 Å². The highest BCUT2D eigenvalue weighted by molar-refractivity contribution is 7.00. The maximum absolute atomic E-state index is 5.58. The molecule has 0 amide bonds. The van der Waals surface area contributed by atoms with Crippen molar-refractivity contribution in [1.29, 1.82) is 0 Å². The van der Waals surface area contributed by atoms with E-state index in [1.165, 1.54) is 126 Å². The highest BCUT2D eigenvalue weighted by Crippen LogP contribution is 2.47. The molecule has 0 unspecified atom stereocenters. The van der Waals surface area contributed by atoms with Crippen molar-refractivity contribution < 1.29 is 0 Å². The summed E-state index contributed by atoms with van der Waals surface area (Å²) >= 11 is 0. The van der Waals surface area contributed by atoms with E-state index in [0.717, 1.165) is 22.6 Å². The third-order valence-corrected chi connectivity index (χ3v) is 16.6. The zero-order chi connectivity index (χ0) is 48.9. The minimum absolute atomic E-state index is 0.00871. The second-order valence-corrected chi connectivity index (χ2v) is 24.0. The Morgan fingerprint density at radius 2 is 0.931 bits per heavy atom. The van der Waals surface area contributed by atoms with E-state index in [0.29, 0.717) is 0 Å². The largest absolute Gasteiger partial charge is 0.310 e. The Kier molecular flexibility index (Phi) is 8.11. The minimum atomic E-state index is -0.0655. The summed E-state index contributed by atoms with van der Waals surface area (Å²) in [5.41, 5.74) is 19.6. The molecule has 2 aliphatic rings. The fraction of sp³-hybridized carbons (Fsp3) is 0.179. The first-order valence-corrected chi connectivity index (χ1v) is 25.8. The van der Waals surface area contributed by atoms with E-state index in [4.69, 9.17) is 4.98 Å². The predicted octanol–water partition coefficient (Wildman–Crippen LogP) is 15.4. The summed E-state index contributed by atoms with van der Waals surface area (Å²) in [4.78, 5) is 5.58. The topological polar surface area (TPSA) is 27.7 Å². The lowest BCUT2D eigenvalue weighted by Gasteiger charge is -2.34. The molecule has 0 bridgehead atoms. The number of nitrogens with zero attached hydrogens (tertiary/aromatic N) is 4. The Bertz CT molecular complexity index is 4490. The fourth-order valence-electron chi connectivity index (χ4n) is 13.1. The monoisotopic (exact) mass is 926 g/mol. The Morgan fingerprint density at radius 3 is 1.57 bits per heavy atom. The molecule has 0 fully saturated rings. The molecule has 10 aromatic carbocycles. The molecule has 15 rings (SSSR count). The zero-order valence-corrected chi connectivity index (χ0v) is 42.5. The predicted molar refractivity (Wildman–Crippen MR) is 308 cm³/mol. The van der Waals surface area contributed by atoms with Crippen LogP contribution in [0.4, 0.5) is 0 Å². The molecule has 2 aliphatic heterocycles. The van der Waals surface area contributed by atoms with Gasteiger partial charge in [0.1, 0.15) is 5.82 Å². The van der Waals surface area contributed by atoms with Crippen LogP contribution in [0.25, 0.3) is 115 Å². The highest BCUT2D eigenvalue weighted by atomic mass is 15.1. The molecule has 5 heteroatoms. The van der Waals surface area contributed by atoms with E-state index in [1.807, 2.05) is 0 Å². The van der Waals surface area contributed by atoms with Gasteiger partial charge >= 0.3 is 0 Å². The van der Waals surface area contributed by atoms with Crippen LogP contribution in [0.5, 0.6) is 0 Å². The lowest BCUT2D eigenvalue weighted by atomic mass is 9.34. The number of fused-ring (bicyclic) bond motifs is 17. The first kappa shape index (κ1) is 41.9. The molecular formula is C67H55BN4. The lowest BCUT2D eigenvalue weighted by molar-refractivity contribution is 0.590. The van der Waals surface area contributed by atoms with Crippen LogP contribution in [-0.4, -0.2) is 25.4 Å². The minimum Gasteiger partial charge on any atom is -0.310 e. The molecule has 0 N–H and O–H groups in total. The van der Waals surface area contributed by atoms with E-state index in [2.05, 4.69) is 246 Å². The van der Waals surface area contributed by atoms with E-state index < -0.39 is 0 Å². The molecule has 0 radical (unpaired) electrons. The van der Waals surface area contributed by atoms with Crippen molar-refractivity contribution in [3.05, 3.63) is 187 Å². The highest BCUT2D eigenvalue weighted by Gasteiger charge is 2.43. The number of hydrogen-bond acceptors (Lipinski definition) is 1. The van der Waals surface area contributed by atoms with Crippen LogP contribution >= 0.6 is 0 Å². The molecule has 3 aromatic heterocycles. The summed E-state index contributed by atoms with van der Waals surface area (Å²) in [5, 5.41) is 13.0. The first-order chi connectivity index (χ1) is 34.6. The number of rotatable bonds is 2. The molecule has 0 saturated carbocycles. The van der Waals surface area contributed by atoms with Gasteiger partial charge in [0, 0.05) is 43.9 Å². The van der Waals surface area contributed by atoms with Gasteiger partial charge < -0.3 is 9.13 Å². The molecule has 4 nitrogen and oxygen atoms in total. The number of para-hydroxylation sites is 1. The maximum atomic E-state index is 5.58. The van der Waals surface area contributed by atoms with E-state index >= 15 is 0 Å². The fourth-order valence-corrected chi connectivity index (χ4v) is 13.1. The van der Waals surface area contributed by atoms with Crippen molar-refractivity contribution in [1.82, 2.24) is 18.7 Å². The van der Waals surface area contributed by atoms with Gasteiger partial charge in [-0.3, -0.25) is 4.57 Å². The van der Waals surface area contributed by atoms with Gasteiger partial charge in [-0.2, -0.15) is 0 Å². The van der Waals surface area contributed by atoms with Crippen molar-refractivity contribution in [2.75, 3.05) is 0 Å². The van der Waals surface area contributed by atoms with Crippen LogP contribution < -0.4 is 16.4 Å². The van der Waals surface area contributed by atoms with Crippen LogP contribution in [0, 0.1) is 0 Å². The number of hydrogen-bond donors (Lipinski definition) is 0. The maximum Gasteiger partial charge on any atom is 0.252 e. The summed E-state index contributed by atoms with van der Waals surface area (Å²) in [6.07, 6.45) is 0. The van der Waals surface area contributed by atoms with Gasteiger partial charge in [0.15, 0.2) is 0 Å². The number of aromatic nitrogens is 4. The summed E-state index contributed by atoms with van der Waals surface area (Å²) in [6, 6.07) is 65.2. The van der Waals surface area contributed by atoms with Crippen molar-refractivity contribution >= 4 is 110 Å². The smallest absolute Gasteiger partial charge is 0.252 e. The molecule has 5 heterocycles. The normalized spacial score (nSPS) is 13.6. The standard InChI is InChI=1S/C67H55BN4/c1-65(2,3)39-27-30-54-48(32-39)49-33-40(66(4,5)6)28-31-55(49)70(54)42-35-57-61-58(36-42)72-62-51(24-17-25-53(62)69-64(72)38-18-11-10-12-19-38)68(61)52-37-50-45-22-14-13-20-43(45)44-21-15-16-23-46(44)59(50)60-47-29-26-41(67(7,8)9)34-56(47)71(57)63(52)60/h10-37H,1-9H3. The lowest BCUT2D eigenvalue weighted by Crippen LogP contribution is -2.59. The average Bonchev–Trinajstić information content (AvgIpc) is 4.04. The van der Waals surface area contributed by atoms with Crippen LogP contribution in [0.3, 0.4) is 0 Å². The van der Waals surface area contributed by atoms with Gasteiger partial charge in [0.25, 0.3) is 6.71 Å². The molecule has 0 aliphatic carbocycles. The second-order valence-electron chi connectivity index (χ2n) is 24.0. The van der Waals surface area contributed by atoms with E-state index in [1.54, 1.807) is 0 Å². The van der Waals surface area contributed by atoms with Crippen LogP contribution in [0.15, 0.2) is 170 Å². The van der Waals surface area contributed by atoms with Crippen LogP contribution in [-0.2, 0) is 16.2 Å². The molecule has 0 saturated heterocycles. The Morgan fingerprint density at radius 1 is 0.375 bits per heavy atom. The quantitative estimate of drug-likeness (QED) is 0.125. The molecule has 13 aromatic rings. The first-order valence-electron chi connectivity index (χ1n) is 25.8. The van der Waals surface area contributed by atoms with E-state index in [-0.39, 0.29) is 23.0 Å². The second kappa shape index (κ2) is 14.0. The summed E-state index contributed by atoms with van der Waals surface area (Å²) < 4.78 is 7.76. The summed E-state index contributed by atoms with van der Waals surface area (Å²) in [6.45, 7) is 20.9. The van der Waals surface area contributed by atoms with Crippen molar-refractivity contribution in [3.8, 4) is 28.5 Å². The van der Waals surface area contributed by atoms with Gasteiger partial charge in [-0.05, 0) is 125 Å². The van der Waals surface area contributed by atoms with Gasteiger partial charge in [-0.25, -0.2) is 4.98 Å². The van der Waals surface area contributed by atoms with E-state index in [9.17, 15) is 0 Å². The Balaban J connectivity index is 1.18. The van der Waals surface area contributed by atoms with Gasteiger partial charge in [-0.15, -0.1) is 0 Å². The van der Waals surface area contributed by atoms with Crippen molar-refractivity contribution in [2.24, 2.45) is 0 Å². The third-order valence-electron chi connectivity index (χ3n) is 16.6. The number of imidazole rings is 1. The Hall–Kier alpha value is -7.89. The molecule has 0 spiro atoms. The van der Waals surface area contributed by atoms with Crippen molar-refractivity contribution in [3.63, 3.8) is 0 Å². The molecule has 72 heavy (non-hydrogen) atoms. The Labute approximate surface area is 420 Å².